The molecular weight excluding hydrogens is 371 g/mol. The van der Waals surface area contributed by atoms with E-state index in [1.165, 1.54) is 12.1 Å². The highest BCUT2D eigenvalue weighted by molar-refractivity contribution is 5.94. The van der Waals surface area contributed by atoms with Gasteiger partial charge in [-0.25, -0.2) is 4.39 Å². The van der Waals surface area contributed by atoms with Gasteiger partial charge in [0.2, 0.25) is 5.91 Å². The summed E-state index contributed by atoms with van der Waals surface area (Å²) in [6, 6.07) is 15.2. The quantitative estimate of drug-likeness (QED) is 0.753. The lowest BCUT2D eigenvalue weighted by molar-refractivity contribution is -0.127. The molecule has 2 aromatic carbocycles. The fourth-order valence-electron chi connectivity index (χ4n) is 3.82. The van der Waals surface area contributed by atoms with Gasteiger partial charge < -0.3 is 15.4 Å². The largest absolute Gasteiger partial charge is 0.379 e. The number of ether oxygens (including phenoxy) is 1. The standard InChI is InChI=1S/C23H27FN2O3/c1-29-21-11-10-18(15-20(21)26-23(28)17-7-3-2-4-8-17)22(27)25-13-12-16-6-5-9-19(24)14-16/h2-9,14,18,20-21H,10-13,15H2,1H3,(H,25,27)(H,26,28)/t18-,20+,21+/m0/s1. The van der Waals surface area contributed by atoms with Crippen LogP contribution in [-0.2, 0) is 16.0 Å². The Morgan fingerprint density at radius 2 is 1.90 bits per heavy atom. The number of nitrogens with one attached hydrogen (secondary N) is 2. The summed E-state index contributed by atoms with van der Waals surface area (Å²) in [4.78, 5) is 25.1. The number of hydrogen-bond acceptors (Lipinski definition) is 3. The van der Waals surface area contributed by atoms with Crippen molar-refractivity contribution >= 4 is 11.8 Å². The van der Waals surface area contributed by atoms with Crippen molar-refractivity contribution in [2.75, 3.05) is 13.7 Å². The van der Waals surface area contributed by atoms with Crippen molar-refractivity contribution in [3.63, 3.8) is 0 Å². The summed E-state index contributed by atoms with van der Waals surface area (Å²) in [7, 11) is 1.63. The second-order valence-corrected chi connectivity index (χ2v) is 7.40. The summed E-state index contributed by atoms with van der Waals surface area (Å²) in [6.45, 7) is 0.452. The van der Waals surface area contributed by atoms with Crippen LogP contribution in [0.2, 0.25) is 0 Å². The normalized spacial score (nSPS) is 21.4. The number of carbonyl (C=O) groups excluding carboxylic acids is 2. The first-order chi connectivity index (χ1) is 14.1. The third-order valence-electron chi connectivity index (χ3n) is 5.41. The average Bonchev–Trinajstić information content (AvgIpc) is 2.74. The summed E-state index contributed by atoms with van der Waals surface area (Å²) in [5.74, 6) is -0.654. The number of methoxy groups -OCH3 is 1. The Hall–Kier alpha value is -2.73. The molecule has 1 saturated carbocycles. The molecule has 1 fully saturated rings. The molecule has 0 radical (unpaired) electrons. The average molecular weight is 398 g/mol. The summed E-state index contributed by atoms with van der Waals surface area (Å²) < 4.78 is 18.8. The number of rotatable bonds is 7. The maximum absolute atomic E-state index is 13.3. The highest BCUT2D eigenvalue weighted by atomic mass is 19.1. The number of carbonyl (C=O) groups is 2. The maximum Gasteiger partial charge on any atom is 0.251 e. The van der Waals surface area contributed by atoms with Gasteiger partial charge in [0, 0.05) is 25.1 Å². The van der Waals surface area contributed by atoms with E-state index in [4.69, 9.17) is 4.74 Å². The minimum Gasteiger partial charge on any atom is -0.379 e. The Labute approximate surface area is 170 Å². The second-order valence-electron chi connectivity index (χ2n) is 7.40. The van der Waals surface area contributed by atoms with Crippen LogP contribution in [0, 0.1) is 11.7 Å². The number of benzene rings is 2. The molecule has 5 nitrogen and oxygen atoms in total. The van der Waals surface area contributed by atoms with Crippen LogP contribution in [0.15, 0.2) is 54.6 Å². The molecule has 0 saturated heterocycles. The predicted molar refractivity (Wildman–Crippen MR) is 109 cm³/mol. The van der Waals surface area contributed by atoms with E-state index in [1.807, 2.05) is 24.3 Å². The predicted octanol–water partition coefficient (Wildman–Crippen LogP) is 3.10. The molecule has 6 heteroatoms. The summed E-state index contributed by atoms with van der Waals surface area (Å²) in [5, 5.41) is 5.97. The minimum absolute atomic E-state index is 0.0325. The molecule has 0 spiro atoms. The van der Waals surface area contributed by atoms with Crippen LogP contribution in [0.3, 0.4) is 0 Å². The first kappa shape index (κ1) is 21.0. The molecule has 0 heterocycles. The fraction of sp³-hybridized carbons (Fsp3) is 0.391. The maximum atomic E-state index is 13.3. The summed E-state index contributed by atoms with van der Waals surface area (Å²) in [6.07, 6.45) is 2.41. The summed E-state index contributed by atoms with van der Waals surface area (Å²) >= 11 is 0. The molecule has 1 aliphatic carbocycles. The molecule has 154 valence electrons. The van der Waals surface area contributed by atoms with Crippen molar-refractivity contribution in [3.8, 4) is 0 Å². The van der Waals surface area contributed by atoms with Crippen molar-refractivity contribution in [3.05, 3.63) is 71.5 Å². The molecule has 1 aliphatic rings. The van der Waals surface area contributed by atoms with Crippen LogP contribution >= 0.6 is 0 Å². The van der Waals surface area contributed by atoms with Gasteiger partial charge in [-0.2, -0.15) is 0 Å². The van der Waals surface area contributed by atoms with E-state index in [0.717, 1.165) is 5.56 Å². The molecule has 0 aromatic heterocycles. The Kier molecular flexibility index (Phi) is 7.36. The minimum atomic E-state index is -0.274. The monoisotopic (exact) mass is 398 g/mol. The van der Waals surface area contributed by atoms with Gasteiger partial charge in [0.1, 0.15) is 5.82 Å². The molecule has 0 bridgehead atoms. The third kappa shape index (κ3) is 5.87. The molecule has 2 aromatic rings. The van der Waals surface area contributed by atoms with E-state index in [9.17, 15) is 14.0 Å². The van der Waals surface area contributed by atoms with Crippen LogP contribution in [0.5, 0.6) is 0 Å². The van der Waals surface area contributed by atoms with Crippen LogP contribution < -0.4 is 10.6 Å². The molecule has 2 N–H and O–H groups in total. The van der Waals surface area contributed by atoms with Crippen molar-refractivity contribution in [2.45, 2.75) is 37.8 Å². The van der Waals surface area contributed by atoms with Crippen LogP contribution in [-0.4, -0.2) is 37.6 Å². The van der Waals surface area contributed by atoms with Gasteiger partial charge in [0.25, 0.3) is 5.91 Å². The van der Waals surface area contributed by atoms with Gasteiger partial charge in [-0.15, -0.1) is 0 Å². The smallest absolute Gasteiger partial charge is 0.251 e. The van der Waals surface area contributed by atoms with Crippen molar-refractivity contribution in [2.24, 2.45) is 5.92 Å². The topological polar surface area (TPSA) is 67.4 Å². The van der Waals surface area contributed by atoms with Crippen molar-refractivity contribution < 1.29 is 18.7 Å². The SMILES string of the molecule is CO[C@@H]1CC[C@H](C(=O)NCCc2cccc(F)c2)C[C@H]1NC(=O)c1ccccc1. The Morgan fingerprint density at radius 1 is 1.10 bits per heavy atom. The number of halogens is 1. The van der Waals surface area contributed by atoms with Gasteiger partial charge in [-0.1, -0.05) is 30.3 Å². The van der Waals surface area contributed by atoms with E-state index < -0.39 is 0 Å². The first-order valence-electron chi connectivity index (χ1n) is 9.97. The van der Waals surface area contributed by atoms with E-state index in [1.54, 1.807) is 25.3 Å². The Balaban J connectivity index is 1.53. The number of hydrogen-bond donors (Lipinski definition) is 2. The van der Waals surface area contributed by atoms with Gasteiger partial charge in [-0.3, -0.25) is 9.59 Å². The second kappa shape index (κ2) is 10.2. The third-order valence-corrected chi connectivity index (χ3v) is 5.41. The van der Waals surface area contributed by atoms with Crippen LogP contribution in [0.25, 0.3) is 0 Å². The van der Waals surface area contributed by atoms with Crippen LogP contribution in [0.1, 0.15) is 35.2 Å². The number of amides is 2. The zero-order valence-corrected chi connectivity index (χ0v) is 16.6. The molecular formula is C23H27FN2O3. The Bertz CT molecular complexity index is 828. The lowest BCUT2D eigenvalue weighted by atomic mass is 9.83. The lowest BCUT2D eigenvalue weighted by Crippen LogP contribution is -2.50. The lowest BCUT2D eigenvalue weighted by Gasteiger charge is -2.35. The highest BCUT2D eigenvalue weighted by Gasteiger charge is 2.34. The molecule has 2 amide bonds. The molecule has 0 aliphatic heterocycles. The van der Waals surface area contributed by atoms with Gasteiger partial charge >= 0.3 is 0 Å². The molecule has 3 atom stereocenters. The zero-order valence-electron chi connectivity index (χ0n) is 16.6. The van der Waals surface area contributed by atoms with E-state index >= 15 is 0 Å². The molecule has 0 unspecified atom stereocenters. The van der Waals surface area contributed by atoms with Crippen LogP contribution in [0.4, 0.5) is 4.39 Å². The van der Waals surface area contributed by atoms with E-state index in [0.29, 0.717) is 37.8 Å². The van der Waals surface area contributed by atoms with Gasteiger partial charge in [0.15, 0.2) is 0 Å². The summed E-state index contributed by atoms with van der Waals surface area (Å²) in [5.41, 5.74) is 1.44. The zero-order chi connectivity index (χ0) is 20.6. The van der Waals surface area contributed by atoms with E-state index in [2.05, 4.69) is 10.6 Å². The first-order valence-corrected chi connectivity index (χ1v) is 9.97. The molecule has 29 heavy (non-hydrogen) atoms. The highest BCUT2D eigenvalue weighted by Crippen LogP contribution is 2.27. The van der Waals surface area contributed by atoms with Crippen molar-refractivity contribution in [1.82, 2.24) is 10.6 Å². The van der Waals surface area contributed by atoms with Crippen molar-refractivity contribution in [1.29, 1.82) is 0 Å². The fourth-order valence-corrected chi connectivity index (χ4v) is 3.82. The molecule has 3 rings (SSSR count). The van der Waals surface area contributed by atoms with E-state index in [-0.39, 0.29) is 35.7 Å². The van der Waals surface area contributed by atoms with Gasteiger partial charge in [-0.05, 0) is 55.5 Å². The Morgan fingerprint density at radius 3 is 2.62 bits per heavy atom. The van der Waals surface area contributed by atoms with Gasteiger partial charge in [0.05, 0.1) is 12.1 Å².